The average Bonchev–Trinajstić information content (AvgIpc) is 2.74. The third kappa shape index (κ3) is 4.68. The van der Waals surface area contributed by atoms with Crippen LogP contribution in [0.4, 0.5) is 0 Å². The number of amidine groups is 1. The van der Waals surface area contributed by atoms with E-state index in [1.807, 2.05) is 13.8 Å². The van der Waals surface area contributed by atoms with Crippen molar-refractivity contribution in [2.45, 2.75) is 57.5 Å². The Morgan fingerprint density at radius 3 is 2.40 bits per heavy atom. The first-order chi connectivity index (χ1) is 14.3. The molecule has 7 nitrogen and oxygen atoms in total. The largest absolute Gasteiger partial charge is 0.508 e. The number of carbonyl (C=O) groups excluding carboxylic acids is 1. The highest BCUT2D eigenvalue weighted by Gasteiger charge is 2.33. The molecule has 0 bridgehead atoms. The standard InChI is InChI=1S/C23H33N3O4/c1-15(2)19-12-20(22(29)13-21(19)28)16(3)26(23(24)14-27)18-6-4-17(5-7-18)25-8-10-30-11-9-25/h12-15,17-18,24,28-29H,3-11H2,1-2H3. The van der Waals surface area contributed by atoms with Crippen molar-refractivity contribution in [3.05, 3.63) is 29.8 Å². The second-order valence-corrected chi connectivity index (χ2v) is 8.51. The molecule has 3 N–H and O–H groups in total. The summed E-state index contributed by atoms with van der Waals surface area (Å²) in [6.07, 6.45) is 4.18. The maximum atomic E-state index is 11.5. The Balaban J connectivity index is 1.80. The number of benzene rings is 1. The molecule has 0 amide bonds. The van der Waals surface area contributed by atoms with Gasteiger partial charge in [0.15, 0.2) is 12.1 Å². The number of aldehydes is 1. The summed E-state index contributed by atoms with van der Waals surface area (Å²) in [4.78, 5) is 15.6. The summed E-state index contributed by atoms with van der Waals surface area (Å²) in [5.41, 5.74) is 1.55. The van der Waals surface area contributed by atoms with Crippen LogP contribution in [0.15, 0.2) is 18.7 Å². The number of phenols is 2. The molecule has 2 fully saturated rings. The second-order valence-electron chi connectivity index (χ2n) is 8.51. The Labute approximate surface area is 178 Å². The average molecular weight is 416 g/mol. The highest BCUT2D eigenvalue weighted by molar-refractivity contribution is 6.27. The maximum absolute atomic E-state index is 11.5. The summed E-state index contributed by atoms with van der Waals surface area (Å²) in [5.74, 6) is -0.178. The van der Waals surface area contributed by atoms with Crippen LogP contribution in [0.1, 0.15) is 56.6 Å². The molecule has 3 rings (SSSR count). The zero-order valence-corrected chi connectivity index (χ0v) is 17.9. The van der Waals surface area contributed by atoms with Gasteiger partial charge >= 0.3 is 0 Å². The number of carbonyl (C=O) groups is 1. The van der Waals surface area contributed by atoms with Gasteiger partial charge in [0.2, 0.25) is 0 Å². The molecular weight excluding hydrogens is 382 g/mol. The fraction of sp³-hybridized carbons (Fsp3) is 0.565. The minimum absolute atomic E-state index is 0.0248. The molecule has 164 valence electrons. The third-order valence-electron chi connectivity index (χ3n) is 6.33. The van der Waals surface area contributed by atoms with Crippen molar-refractivity contribution in [3.8, 4) is 11.5 Å². The molecular formula is C23H33N3O4. The summed E-state index contributed by atoms with van der Waals surface area (Å²) in [5, 5.41) is 28.9. The van der Waals surface area contributed by atoms with E-state index >= 15 is 0 Å². The SMILES string of the molecule is C=C(c1cc(C(C)C)c(O)cc1O)N(C(=N)C=O)C1CCC(N2CCOCC2)CC1. The van der Waals surface area contributed by atoms with Crippen LogP contribution in [0.3, 0.4) is 0 Å². The van der Waals surface area contributed by atoms with Gasteiger partial charge in [-0.15, -0.1) is 0 Å². The lowest BCUT2D eigenvalue weighted by Crippen LogP contribution is -2.48. The highest BCUT2D eigenvalue weighted by Crippen LogP contribution is 2.38. The van der Waals surface area contributed by atoms with Gasteiger partial charge in [-0.1, -0.05) is 20.4 Å². The molecule has 0 unspecified atom stereocenters. The van der Waals surface area contributed by atoms with Crippen LogP contribution in [-0.4, -0.2) is 70.5 Å². The molecule has 7 heteroatoms. The fourth-order valence-corrected chi connectivity index (χ4v) is 4.66. The van der Waals surface area contributed by atoms with E-state index in [4.69, 9.17) is 10.1 Å². The molecule has 0 atom stereocenters. The van der Waals surface area contributed by atoms with E-state index < -0.39 is 0 Å². The Bertz CT molecular complexity index is 794. The number of ether oxygens (including phenoxy) is 1. The molecule has 2 aliphatic rings. The van der Waals surface area contributed by atoms with E-state index in [-0.39, 0.29) is 29.3 Å². The third-order valence-corrected chi connectivity index (χ3v) is 6.33. The van der Waals surface area contributed by atoms with E-state index in [1.54, 1.807) is 11.0 Å². The number of aromatic hydroxyl groups is 2. The lowest BCUT2D eigenvalue weighted by molar-refractivity contribution is -0.103. The van der Waals surface area contributed by atoms with Crippen molar-refractivity contribution in [1.82, 2.24) is 9.80 Å². The predicted octanol–water partition coefficient (Wildman–Crippen LogP) is 3.31. The predicted molar refractivity (Wildman–Crippen MR) is 117 cm³/mol. The normalized spacial score (nSPS) is 22.6. The van der Waals surface area contributed by atoms with Crippen LogP contribution in [0.2, 0.25) is 0 Å². The Morgan fingerprint density at radius 2 is 1.83 bits per heavy atom. The van der Waals surface area contributed by atoms with Crippen LogP contribution >= 0.6 is 0 Å². The smallest absolute Gasteiger partial charge is 0.185 e. The van der Waals surface area contributed by atoms with E-state index in [9.17, 15) is 15.0 Å². The molecule has 1 heterocycles. The minimum Gasteiger partial charge on any atom is -0.508 e. The van der Waals surface area contributed by atoms with Gasteiger partial charge in [0.25, 0.3) is 0 Å². The summed E-state index contributed by atoms with van der Waals surface area (Å²) in [6, 6.07) is 3.50. The maximum Gasteiger partial charge on any atom is 0.185 e. The van der Waals surface area contributed by atoms with E-state index in [2.05, 4.69) is 11.5 Å². The second kappa shape index (κ2) is 9.62. The molecule has 1 aromatic rings. The van der Waals surface area contributed by atoms with Crippen molar-refractivity contribution in [2.24, 2.45) is 0 Å². The van der Waals surface area contributed by atoms with Crippen LogP contribution in [0.5, 0.6) is 11.5 Å². The first-order valence-electron chi connectivity index (χ1n) is 10.7. The fourth-order valence-electron chi connectivity index (χ4n) is 4.66. The minimum atomic E-state index is -0.159. The number of hydrogen-bond donors (Lipinski definition) is 3. The first-order valence-corrected chi connectivity index (χ1v) is 10.7. The lowest BCUT2D eigenvalue weighted by Gasteiger charge is -2.42. The van der Waals surface area contributed by atoms with Crippen LogP contribution < -0.4 is 0 Å². The summed E-state index contributed by atoms with van der Waals surface area (Å²) < 4.78 is 5.45. The van der Waals surface area contributed by atoms with Crippen LogP contribution in [-0.2, 0) is 9.53 Å². The number of morpholine rings is 1. The summed E-state index contributed by atoms with van der Waals surface area (Å²) in [7, 11) is 0. The number of nitrogens with zero attached hydrogens (tertiary/aromatic N) is 2. The first kappa shape index (κ1) is 22.3. The van der Waals surface area contributed by atoms with E-state index in [1.165, 1.54) is 6.07 Å². The van der Waals surface area contributed by atoms with Gasteiger partial charge in [-0.3, -0.25) is 15.1 Å². The van der Waals surface area contributed by atoms with Crippen molar-refractivity contribution < 1.29 is 19.7 Å². The van der Waals surface area contributed by atoms with Gasteiger partial charge in [0.1, 0.15) is 11.5 Å². The highest BCUT2D eigenvalue weighted by atomic mass is 16.5. The molecule has 30 heavy (non-hydrogen) atoms. The quantitative estimate of drug-likeness (QED) is 0.375. The van der Waals surface area contributed by atoms with Crippen molar-refractivity contribution in [3.63, 3.8) is 0 Å². The molecule has 1 saturated heterocycles. The number of rotatable bonds is 6. The molecule has 0 aromatic heterocycles. The molecule has 0 spiro atoms. The number of hydrogen-bond acceptors (Lipinski definition) is 6. The van der Waals surface area contributed by atoms with E-state index in [0.29, 0.717) is 29.2 Å². The molecule has 1 aromatic carbocycles. The van der Waals surface area contributed by atoms with Crippen molar-refractivity contribution in [2.75, 3.05) is 26.3 Å². The monoisotopic (exact) mass is 415 g/mol. The lowest BCUT2D eigenvalue weighted by atomic mass is 9.88. The topological polar surface area (TPSA) is 97.1 Å². The van der Waals surface area contributed by atoms with Gasteiger partial charge in [-0.05, 0) is 43.2 Å². The van der Waals surface area contributed by atoms with E-state index in [0.717, 1.165) is 52.0 Å². The number of nitrogens with one attached hydrogen (secondary N) is 1. The Kier molecular flexibility index (Phi) is 7.15. The van der Waals surface area contributed by atoms with Crippen molar-refractivity contribution >= 4 is 17.8 Å². The van der Waals surface area contributed by atoms with Gasteiger partial charge in [0, 0.05) is 42.5 Å². The zero-order chi connectivity index (χ0) is 21.8. The molecule has 1 aliphatic heterocycles. The van der Waals surface area contributed by atoms with Crippen molar-refractivity contribution in [1.29, 1.82) is 5.41 Å². The van der Waals surface area contributed by atoms with Gasteiger partial charge < -0.3 is 19.8 Å². The van der Waals surface area contributed by atoms with Gasteiger partial charge in [0.05, 0.1) is 13.2 Å². The van der Waals surface area contributed by atoms with Gasteiger partial charge in [-0.25, -0.2) is 0 Å². The molecule has 0 radical (unpaired) electrons. The van der Waals surface area contributed by atoms with Crippen LogP contribution in [0.25, 0.3) is 5.70 Å². The Hall–Kier alpha value is -2.38. The summed E-state index contributed by atoms with van der Waals surface area (Å²) in [6.45, 7) is 11.5. The molecule has 1 saturated carbocycles. The van der Waals surface area contributed by atoms with Crippen LogP contribution in [0, 0.1) is 5.41 Å². The Morgan fingerprint density at radius 1 is 1.20 bits per heavy atom. The molecule has 1 aliphatic carbocycles. The number of phenolic OH excluding ortho intramolecular Hbond substituents is 2. The summed E-state index contributed by atoms with van der Waals surface area (Å²) >= 11 is 0. The zero-order valence-electron chi connectivity index (χ0n) is 17.9. The van der Waals surface area contributed by atoms with Gasteiger partial charge in [-0.2, -0.15) is 0 Å².